The maximum absolute atomic E-state index is 12.6. The Morgan fingerprint density at radius 1 is 1.15 bits per heavy atom. The first-order valence-electron chi connectivity index (χ1n) is 3.34. The van der Waals surface area contributed by atoms with Gasteiger partial charge in [-0.1, -0.05) is 6.58 Å². The van der Waals surface area contributed by atoms with Gasteiger partial charge < -0.3 is 0 Å². The Labute approximate surface area is 72.5 Å². The van der Waals surface area contributed by atoms with Crippen LogP contribution in [0.3, 0.4) is 0 Å². The van der Waals surface area contributed by atoms with Gasteiger partial charge in [0.25, 0.3) is 0 Å². The molecule has 0 saturated heterocycles. The normalized spacial score (nSPS) is 11.4. The fourth-order valence-electron chi connectivity index (χ4n) is 0.855. The highest BCUT2D eigenvalue weighted by molar-refractivity contribution is 5.30. The van der Waals surface area contributed by atoms with E-state index in [2.05, 4.69) is 12.7 Å². The van der Waals surface area contributed by atoms with Crippen LogP contribution in [0.1, 0.15) is 11.1 Å². The largest absolute Gasteiger partial charge is 0.416 e. The van der Waals surface area contributed by atoms with Gasteiger partial charge in [-0.2, -0.15) is 13.2 Å². The van der Waals surface area contributed by atoms with Crippen molar-refractivity contribution in [3.63, 3.8) is 0 Å². The highest BCUT2D eigenvalue weighted by Crippen LogP contribution is 2.30. The molecule has 1 aromatic carbocycles. The average Bonchev–Trinajstić information content (AvgIpc) is 2.01. The number of hydrogen-bond donors (Lipinski definition) is 0. The molecular weight excluding hydrogens is 184 g/mol. The average molecular weight is 189 g/mol. The van der Waals surface area contributed by atoms with Crippen molar-refractivity contribution in [1.82, 2.24) is 0 Å². The number of halogens is 4. The summed E-state index contributed by atoms with van der Waals surface area (Å²) in [7, 11) is 0. The van der Waals surface area contributed by atoms with E-state index in [1.54, 1.807) is 0 Å². The second kappa shape index (κ2) is 3.20. The van der Waals surface area contributed by atoms with Crippen molar-refractivity contribution in [2.24, 2.45) is 0 Å². The van der Waals surface area contributed by atoms with E-state index in [1.807, 2.05) is 0 Å². The predicted molar refractivity (Wildman–Crippen MR) is 39.4 cm³/mol. The molecule has 1 radical (unpaired) electrons. The van der Waals surface area contributed by atoms with Gasteiger partial charge in [0, 0.05) is 0 Å². The number of alkyl halides is 3. The van der Waals surface area contributed by atoms with Crippen molar-refractivity contribution < 1.29 is 17.6 Å². The second-order valence-corrected chi connectivity index (χ2v) is 2.40. The summed E-state index contributed by atoms with van der Waals surface area (Å²) in [6.07, 6.45) is -2.34. The standard InChI is InChI=1S/C9H5F4/c1-2-6-3-7(9(11,12)13)5-8(10)4-6/h3-5H,1H2. The molecule has 4 heteroatoms. The zero-order chi connectivity index (χ0) is 10.1. The van der Waals surface area contributed by atoms with Crippen molar-refractivity contribution in [3.8, 4) is 0 Å². The predicted octanol–water partition coefficient (Wildman–Crippen LogP) is 3.18. The molecule has 0 nitrogen and oxygen atoms in total. The highest BCUT2D eigenvalue weighted by atomic mass is 19.4. The van der Waals surface area contributed by atoms with Gasteiger partial charge in [0.1, 0.15) is 5.82 Å². The molecule has 0 N–H and O–H groups in total. The molecule has 13 heavy (non-hydrogen) atoms. The summed E-state index contributed by atoms with van der Waals surface area (Å²) in [5.41, 5.74) is -1.04. The molecular formula is C9H5F4. The molecule has 0 saturated carbocycles. The lowest BCUT2D eigenvalue weighted by Gasteiger charge is -2.06. The highest BCUT2D eigenvalue weighted by Gasteiger charge is 2.31. The monoisotopic (exact) mass is 189 g/mol. The third kappa shape index (κ3) is 2.31. The zero-order valence-corrected chi connectivity index (χ0v) is 6.45. The first-order chi connectivity index (χ1) is 5.93. The SMILES string of the molecule is C=[C]c1cc(F)cc(C(F)(F)F)c1. The zero-order valence-electron chi connectivity index (χ0n) is 6.45. The number of rotatable bonds is 1. The number of benzene rings is 1. The Balaban J connectivity index is 3.24. The van der Waals surface area contributed by atoms with E-state index in [1.165, 1.54) is 0 Å². The van der Waals surface area contributed by atoms with E-state index >= 15 is 0 Å². The Morgan fingerprint density at radius 3 is 2.23 bits per heavy atom. The van der Waals surface area contributed by atoms with Crippen LogP contribution in [0.4, 0.5) is 17.6 Å². The van der Waals surface area contributed by atoms with E-state index in [0.717, 1.165) is 12.1 Å². The lowest BCUT2D eigenvalue weighted by Crippen LogP contribution is -2.05. The minimum atomic E-state index is -4.53. The Hall–Kier alpha value is -1.32. The van der Waals surface area contributed by atoms with E-state index in [-0.39, 0.29) is 5.56 Å². The molecule has 0 fully saturated rings. The molecule has 0 bridgehead atoms. The topological polar surface area (TPSA) is 0 Å². The first kappa shape index (κ1) is 9.77. The van der Waals surface area contributed by atoms with E-state index in [9.17, 15) is 17.6 Å². The summed E-state index contributed by atoms with van der Waals surface area (Å²) in [6, 6.07) is 2.15. The van der Waals surface area contributed by atoms with Gasteiger partial charge in [-0.15, -0.1) is 0 Å². The summed E-state index contributed by atoms with van der Waals surface area (Å²) in [5.74, 6) is -0.944. The van der Waals surface area contributed by atoms with Gasteiger partial charge in [0.15, 0.2) is 0 Å². The van der Waals surface area contributed by atoms with Crippen LogP contribution in [0.15, 0.2) is 24.8 Å². The molecule has 0 unspecified atom stereocenters. The van der Waals surface area contributed by atoms with Crippen molar-refractivity contribution in [2.75, 3.05) is 0 Å². The van der Waals surface area contributed by atoms with E-state index in [0.29, 0.717) is 6.07 Å². The van der Waals surface area contributed by atoms with Crippen molar-refractivity contribution in [2.45, 2.75) is 6.18 Å². The third-order valence-corrected chi connectivity index (χ3v) is 1.43. The molecule has 0 aliphatic rings. The lowest BCUT2D eigenvalue weighted by atomic mass is 10.1. The smallest absolute Gasteiger partial charge is 0.207 e. The molecule has 1 rings (SSSR count). The summed E-state index contributed by atoms with van der Waals surface area (Å²) < 4.78 is 48.8. The third-order valence-electron chi connectivity index (χ3n) is 1.43. The summed E-state index contributed by atoms with van der Waals surface area (Å²) in [6.45, 7) is 3.14. The summed E-state index contributed by atoms with van der Waals surface area (Å²) >= 11 is 0. The maximum atomic E-state index is 12.6. The van der Waals surface area contributed by atoms with Crippen molar-refractivity contribution in [1.29, 1.82) is 0 Å². The van der Waals surface area contributed by atoms with Crippen LogP contribution in [0.5, 0.6) is 0 Å². The van der Waals surface area contributed by atoms with E-state index in [4.69, 9.17) is 0 Å². The van der Waals surface area contributed by atoms with Gasteiger partial charge in [0.05, 0.1) is 5.56 Å². The van der Waals surface area contributed by atoms with Gasteiger partial charge in [-0.05, 0) is 29.8 Å². The molecule has 69 valence electrons. The van der Waals surface area contributed by atoms with Gasteiger partial charge >= 0.3 is 6.18 Å². The fourth-order valence-corrected chi connectivity index (χ4v) is 0.855. The maximum Gasteiger partial charge on any atom is 0.416 e. The fraction of sp³-hybridized carbons (Fsp3) is 0.111. The van der Waals surface area contributed by atoms with Crippen LogP contribution in [-0.2, 0) is 6.18 Å². The summed E-state index contributed by atoms with van der Waals surface area (Å²) in [5, 5.41) is 0. The summed E-state index contributed by atoms with van der Waals surface area (Å²) in [4.78, 5) is 0. The van der Waals surface area contributed by atoms with Crippen molar-refractivity contribution >= 4 is 0 Å². The van der Waals surface area contributed by atoms with Gasteiger partial charge in [0.2, 0.25) is 0 Å². The van der Waals surface area contributed by atoms with Crippen molar-refractivity contribution in [3.05, 3.63) is 47.8 Å². The first-order valence-corrected chi connectivity index (χ1v) is 3.34. The molecule has 0 aliphatic carbocycles. The molecule has 0 spiro atoms. The van der Waals surface area contributed by atoms with Crippen LogP contribution in [0.25, 0.3) is 0 Å². The molecule has 1 aromatic rings. The second-order valence-electron chi connectivity index (χ2n) is 2.40. The van der Waals surface area contributed by atoms with Crippen LogP contribution >= 0.6 is 0 Å². The minimum absolute atomic E-state index is 0.00711. The molecule has 0 heterocycles. The Morgan fingerprint density at radius 2 is 1.77 bits per heavy atom. The quantitative estimate of drug-likeness (QED) is 0.595. The molecule has 0 aromatic heterocycles. The molecule has 0 amide bonds. The van der Waals surface area contributed by atoms with Gasteiger partial charge in [-0.3, -0.25) is 0 Å². The van der Waals surface area contributed by atoms with Gasteiger partial charge in [-0.25, -0.2) is 4.39 Å². The number of hydrogen-bond acceptors (Lipinski definition) is 0. The lowest BCUT2D eigenvalue weighted by molar-refractivity contribution is -0.137. The van der Waals surface area contributed by atoms with Crippen LogP contribution < -0.4 is 0 Å². The molecule has 0 atom stereocenters. The van der Waals surface area contributed by atoms with Crippen LogP contribution in [0.2, 0.25) is 0 Å². The minimum Gasteiger partial charge on any atom is -0.207 e. The van der Waals surface area contributed by atoms with Crippen LogP contribution in [-0.4, -0.2) is 0 Å². The van der Waals surface area contributed by atoms with E-state index < -0.39 is 17.6 Å². The van der Waals surface area contributed by atoms with Crippen LogP contribution in [0, 0.1) is 11.9 Å². The Bertz CT molecular complexity index is 325. The Kier molecular flexibility index (Phi) is 2.40. The molecule has 0 aliphatic heterocycles.